The number of aryl methyl sites for hydroxylation is 1. The van der Waals surface area contributed by atoms with E-state index in [-0.39, 0.29) is 43.4 Å². The average molecular weight is 967 g/mol. The minimum absolute atomic E-state index is 0.0539. The summed E-state index contributed by atoms with van der Waals surface area (Å²) in [6, 6.07) is 19.8. The first-order valence-corrected chi connectivity index (χ1v) is 23.4. The van der Waals surface area contributed by atoms with E-state index in [9.17, 15) is 41.4 Å². The molecule has 20 heteroatoms. The molecule has 4 bridgehead atoms. The molecule has 0 aliphatic carbocycles. The van der Waals surface area contributed by atoms with Crippen molar-refractivity contribution in [3.05, 3.63) is 107 Å². The van der Waals surface area contributed by atoms with Crippen LogP contribution in [0.4, 0.5) is 13.2 Å². The van der Waals surface area contributed by atoms with Crippen molar-refractivity contribution in [2.75, 3.05) is 46.4 Å². The van der Waals surface area contributed by atoms with Crippen LogP contribution < -0.4 is 47.3 Å². The number of nitrogens with two attached hydrogens (primary N) is 3. The second kappa shape index (κ2) is 26.3. The zero-order valence-corrected chi connectivity index (χ0v) is 39.4. The summed E-state index contributed by atoms with van der Waals surface area (Å²) >= 11 is 0. The lowest BCUT2D eigenvalue weighted by molar-refractivity contribution is -0.139. The minimum Gasteiger partial charge on any atom is -0.492 e. The molecule has 4 aromatic rings. The van der Waals surface area contributed by atoms with E-state index < -0.39 is 77.1 Å². The van der Waals surface area contributed by atoms with Gasteiger partial charge in [0, 0.05) is 43.2 Å². The smallest absolute Gasteiger partial charge is 0.490 e. The molecular formula is C48H61F3N8O8S. The fourth-order valence-corrected chi connectivity index (χ4v) is 7.33. The summed E-state index contributed by atoms with van der Waals surface area (Å²) in [4.78, 5) is 69.3. The van der Waals surface area contributed by atoms with Gasteiger partial charge >= 0.3 is 5.51 Å². The summed E-state index contributed by atoms with van der Waals surface area (Å²) in [6.07, 6.45) is 3.91. The van der Waals surface area contributed by atoms with Crippen LogP contribution in [0.25, 0.3) is 22.3 Å². The molecule has 0 saturated carbocycles. The average Bonchev–Trinajstić information content (AvgIpc) is 3.33. The molecule has 0 saturated heterocycles. The van der Waals surface area contributed by atoms with Crippen LogP contribution in [0.1, 0.15) is 73.1 Å². The molecule has 368 valence electrons. The summed E-state index contributed by atoms with van der Waals surface area (Å²) in [7, 11) is -2.47. The highest BCUT2D eigenvalue weighted by molar-refractivity contribution is 7.84. The predicted octanol–water partition coefficient (Wildman–Crippen LogP) is 4.17. The monoisotopic (exact) mass is 966 g/mol. The fraction of sp³-hybridized carbons (Fsp3) is 0.396. The number of unbranched alkanes of at least 4 members (excludes halogenated alkanes) is 1. The third-order valence-corrected chi connectivity index (χ3v) is 11.4. The largest absolute Gasteiger partial charge is 0.492 e. The zero-order valence-electron chi connectivity index (χ0n) is 38.6. The van der Waals surface area contributed by atoms with Crippen molar-refractivity contribution >= 4 is 40.5 Å². The van der Waals surface area contributed by atoms with E-state index in [2.05, 4.69) is 41.9 Å². The number of hydrogen-bond acceptors (Lipinski definition) is 11. The maximum atomic E-state index is 14.3. The summed E-state index contributed by atoms with van der Waals surface area (Å²) in [5, 5.41) is 7.50. The molecule has 1 heterocycles. The van der Waals surface area contributed by atoms with E-state index in [0.717, 1.165) is 48.3 Å². The van der Waals surface area contributed by atoms with Crippen LogP contribution in [0.15, 0.2) is 84.9 Å². The van der Waals surface area contributed by atoms with Gasteiger partial charge in [-0.15, -0.1) is 0 Å². The third kappa shape index (κ3) is 15.3. The molecule has 68 heavy (non-hydrogen) atoms. The van der Waals surface area contributed by atoms with Crippen LogP contribution in [0, 0.1) is 0 Å². The van der Waals surface area contributed by atoms with Crippen molar-refractivity contribution in [2.45, 2.75) is 76.5 Å². The highest BCUT2D eigenvalue weighted by atomic mass is 32.2. The molecule has 5 amide bonds. The molecule has 1 aliphatic rings. The van der Waals surface area contributed by atoms with Gasteiger partial charge < -0.3 is 47.5 Å². The number of benzene rings is 4. The number of nitrogens with one attached hydrogen (secondary N) is 4. The molecule has 10 N–H and O–H groups in total. The normalized spacial score (nSPS) is 16.4. The number of rotatable bonds is 17. The van der Waals surface area contributed by atoms with Crippen LogP contribution >= 0.6 is 0 Å². The van der Waals surface area contributed by atoms with Gasteiger partial charge in [-0.1, -0.05) is 68.8 Å². The number of hydrogen-bond donors (Lipinski definition) is 7. The van der Waals surface area contributed by atoms with Gasteiger partial charge in [-0.2, -0.15) is 13.2 Å². The molecule has 4 atom stereocenters. The Labute approximate surface area is 396 Å². The summed E-state index contributed by atoms with van der Waals surface area (Å²) in [5.74, 6) is -3.98. The molecule has 5 rings (SSSR count). The van der Waals surface area contributed by atoms with Crippen LogP contribution in [0.2, 0.25) is 0 Å². The fourth-order valence-electron chi connectivity index (χ4n) is 6.89. The van der Waals surface area contributed by atoms with E-state index in [1.165, 1.54) is 36.4 Å². The topological polar surface area (TPSA) is 250 Å². The number of nitrogens with zero attached hydrogens (tertiary/aromatic N) is 1. The molecule has 0 fully saturated rings. The van der Waals surface area contributed by atoms with Crippen molar-refractivity contribution < 1.29 is 50.8 Å². The Hall–Kier alpha value is -6.35. The second-order valence-corrected chi connectivity index (χ2v) is 17.0. The van der Waals surface area contributed by atoms with Crippen molar-refractivity contribution in [1.29, 1.82) is 0 Å². The molecule has 1 aliphatic heterocycles. The van der Waals surface area contributed by atoms with E-state index in [4.69, 9.17) is 26.7 Å². The van der Waals surface area contributed by atoms with Gasteiger partial charge in [-0.05, 0) is 96.9 Å². The Morgan fingerprint density at radius 3 is 1.93 bits per heavy atom. The number of alkyl halides is 3. The first kappa shape index (κ1) is 54.3. The number of likely N-dealkylation sites (N-methyl/N-ethyl adjacent to an activating group) is 1. The van der Waals surface area contributed by atoms with Crippen molar-refractivity contribution in [2.24, 2.45) is 17.2 Å². The summed E-state index contributed by atoms with van der Waals surface area (Å²) < 4.78 is 64.9. The van der Waals surface area contributed by atoms with Crippen LogP contribution in [-0.4, -0.2) is 103 Å². The number of carbonyl (C=O) groups is 5. The maximum Gasteiger partial charge on any atom is 0.490 e. The van der Waals surface area contributed by atoms with Gasteiger partial charge in [-0.25, -0.2) is 4.21 Å². The van der Waals surface area contributed by atoms with Crippen LogP contribution in [0.5, 0.6) is 11.5 Å². The molecule has 16 nitrogen and oxygen atoms in total. The van der Waals surface area contributed by atoms with Gasteiger partial charge in [-0.3, -0.25) is 28.7 Å². The Morgan fingerprint density at radius 1 is 0.794 bits per heavy atom. The maximum absolute atomic E-state index is 14.3. The standard InChI is InChI=1S/C45H52F3N7O8S.C3H9N/c1-4-5-6-28-7-10-30(11-8-28)31-12-14-32(15-13-31)42(58)51-26-39(56)55(3)40-33-16-18-38(63-22-20-50)35(25-33)34-23-29(9-17-37(34)62-21-19-49)24-36(43(59)54-64(61)45(46,47)48)53-41(57)27(2)52-44(40)60;1-2-3-4/h7-18,23,25,27,36,40H,4-6,19-22,24,26,49-50H2,1-3H3,(H,51,58)(H,52,60)(H,53,57)(H,54,59);2-4H2,1H3/t27-,36?,40?,64?;/m0./s1. The number of halogens is 3. The molecular weight excluding hydrogens is 906 g/mol. The first-order chi connectivity index (χ1) is 32.4. The number of fused-ring (bicyclic) bond motifs is 5. The van der Waals surface area contributed by atoms with Crippen molar-refractivity contribution in [1.82, 2.24) is 25.6 Å². The molecule has 4 aromatic carbocycles. The lowest BCUT2D eigenvalue weighted by atomic mass is 9.93. The lowest BCUT2D eigenvalue weighted by Crippen LogP contribution is -2.55. The van der Waals surface area contributed by atoms with Gasteiger partial charge in [0.1, 0.15) is 42.8 Å². The van der Waals surface area contributed by atoms with Crippen molar-refractivity contribution in [3.8, 4) is 33.8 Å². The Morgan fingerprint density at radius 2 is 1.37 bits per heavy atom. The van der Waals surface area contributed by atoms with Crippen LogP contribution in [-0.2, 0) is 43.0 Å². The van der Waals surface area contributed by atoms with Gasteiger partial charge in [0.2, 0.25) is 28.7 Å². The van der Waals surface area contributed by atoms with Gasteiger partial charge in [0.15, 0.2) is 0 Å². The molecule has 0 radical (unpaired) electrons. The molecule has 0 spiro atoms. The van der Waals surface area contributed by atoms with Crippen LogP contribution in [0.3, 0.4) is 0 Å². The number of ether oxygens (including phenoxy) is 2. The highest BCUT2D eigenvalue weighted by Crippen LogP contribution is 2.40. The predicted molar refractivity (Wildman–Crippen MR) is 254 cm³/mol. The van der Waals surface area contributed by atoms with E-state index in [0.29, 0.717) is 22.3 Å². The lowest BCUT2D eigenvalue weighted by Gasteiger charge is -2.30. The van der Waals surface area contributed by atoms with Gasteiger partial charge in [0.05, 0.1) is 6.54 Å². The summed E-state index contributed by atoms with van der Waals surface area (Å²) in [6.45, 7) is 6.11. The van der Waals surface area contributed by atoms with E-state index in [1.807, 2.05) is 12.1 Å². The van der Waals surface area contributed by atoms with Crippen molar-refractivity contribution in [3.63, 3.8) is 0 Å². The van der Waals surface area contributed by atoms with E-state index in [1.54, 1.807) is 48.5 Å². The zero-order chi connectivity index (χ0) is 50.0. The Bertz CT molecular complexity index is 2370. The quantitative estimate of drug-likeness (QED) is 0.0792. The Kier molecular flexibility index (Phi) is 21.0. The first-order valence-electron chi connectivity index (χ1n) is 22.2. The number of amides is 5. The number of carbonyl (C=O) groups excluding carboxylic acids is 5. The molecule has 0 aromatic heterocycles. The highest BCUT2D eigenvalue weighted by Gasteiger charge is 2.40. The SMILES string of the molecule is CCCCc1ccc(-c2ccc(C(=O)NCC(=O)N(C)C3C(=O)N[C@@H](C)C(=O)NC(C(=O)NS(=O)C(F)(F)F)Cc4ccc(OCCN)c(c4)-c4cc3ccc4OCCN)cc2)cc1.CCCN. The van der Waals surface area contributed by atoms with E-state index >= 15 is 0 Å². The molecule has 3 unspecified atom stereocenters. The minimum atomic E-state index is -5.30. The summed E-state index contributed by atoms with van der Waals surface area (Å²) in [5.41, 5.74) is 15.9. The Balaban J connectivity index is 0.00000242. The third-order valence-electron chi connectivity index (χ3n) is 10.6. The second-order valence-electron chi connectivity index (χ2n) is 15.8. The van der Waals surface area contributed by atoms with Gasteiger partial charge in [0.25, 0.3) is 11.8 Å².